The predicted molar refractivity (Wildman–Crippen MR) is 99.9 cm³/mol. The zero-order valence-electron chi connectivity index (χ0n) is 14.8. The Kier molecular flexibility index (Phi) is 5.73. The van der Waals surface area contributed by atoms with Crippen LogP contribution in [-0.2, 0) is 17.9 Å². The number of benzene rings is 2. The molecule has 0 atom stereocenters. The maximum Gasteiger partial charge on any atom is 0.319 e. The van der Waals surface area contributed by atoms with E-state index < -0.39 is 0 Å². The van der Waals surface area contributed by atoms with Crippen LogP contribution in [0.1, 0.15) is 24.0 Å². The van der Waals surface area contributed by atoms with Gasteiger partial charge in [0.15, 0.2) is 0 Å². The Bertz CT molecular complexity index is 774. The first-order chi connectivity index (χ1) is 12.6. The Labute approximate surface area is 153 Å². The Balaban J connectivity index is 1.48. The highest BCUT2D eigenvalue weighted by molar-refractivity contribution is 5.89. The number of ether oxygens (including phenoxy) is 1. The Morgan fingerprint density at radius 3 is 2.62 bits per heavy atom. The molecule has 0 unspecified atom stereocenters. The second-order valence-electron chi connectivity index (χ2n) is 6.27. The summed E-state index contributed by atoms with van der Waals surface area (Å²) in [5.74, 6) is 0.917. The van der Waals surface area contributed by atoms with Crippen molar-refractivity contribution in [3.63, 3.8) is 0 Å². The zero-order chi connectivity index (χ0) is 18.4. The molecule has 0 spiro atoms. The molecule has 1 aliphatic heterocycles. The summed E-state index contributed by atoms with van der Waals surface area (Å²) in [6, 6.07) is 14.9. The molecule has 1 fully saturated rings. The molecule has 1 heterocycles. The van der Waals surface area contributed by atoms with Gasteiger partial charge in [0.1, 0.15) is 5.75 Å². The second-order valence-corrected chi connectivity index (χ2v) is 6.27. The fourth-order valence-electron chi connectivity index (χ4n) is 2.91. The highest BCUT2D eigenvalue weighted by atomic mass is 16.5. The molecule has 3 rings (SSSR count). The van der Waals surface area contributed by atoms with Crippen LogP contribution in [0.2, 0.25) is 0 Å². The monoisotopic (exact) mass is 353 g/mol. The molecule has 6 nitrogen and oxygen atoms in total. The van der Waals surface area contributed by atoms with E-state index in [4.69, 9.17) is 4.74 Å². The molecular weight excluding hydrogens is 330 g/mol. The van der Waals surface area contributed by atoms with Crippen molar-refractivity contribution in [2.24, 2.45) is 0 Å². The number of carbonyl (C=O) groups is 2. The number of rotatable bonds is 6. The Morgan fingerprint density at radius 2 is 1.92 bits per heavy atom. The van der Waals surface area contributed by atoms with Crippen molar-refractivity contribution in [3.8, 4) is 5.75 Å². The lowest BCUT2D eigenvalue weighted by atomic mass is 10.1. The van der Waals surface area contributed by atoms with Gasteiger partial charge in [-0.15, -0.1) is 0 Å². The van der Waals surface area contributed by atoms with Crippen LogP contribution >= 0.6 is 0 Å². The van der Waals surface area contributed by atoms with Gasteiger partial charge < -0.3 is 20.3 Å². The van der Waals surface area contributed by atoms with Crippen molar-refractivity contribution in [2.45, 2.75) is 25.9 Å². The molecular formula is C20H23N3O3. The zero-order valence-corrected chi connectivity index (χ0v) is 14.8. The SMILES string of the molecule is COc1cccc(NC(=O)NCc2ccc(CN3CCCC3=O)cc2)c1. The van der Waals surface area contributed by atoms with Crippen LogP contribution in [0.15, 0.2) is 48.5 Å². The fraction of sp³-hybridized carbons (Fsp3) is 0.300. The van der Waals surface area contributed by atoms with Gasteiger partial charge in [-0.3, -0.25) is 4.79 Å². The number of methoxy groups -OCH3 is 1. The summed E-state index contributed by atoms with van der Waals surface area (Å²) in [5.41, 5.74) is 2.78. The van der Waals surface area contributed by atoms with Crippen LogP contribution in [0.5, 0.6) is 5.75 Å². The van der Waals surface area contributed by atoms with E-state index in [-0.39, 0.29) is 11.9 Å². The van der Waals surface area contributed by atoms with Crippen LogP contribution in [0.4, 0.5) is 10.5 Å². The van der Waals surface area contributed by atoms with Gasteiger partial charge in [-0.2, -0.15) is 0 Å². The van der Waals surface area contributed by atoms with Gasteiger partial charge in [-0.05, 0) is 29.7 Å². The highest BCUT2D eigenvalue weighted by Gasteiger charge is 2.19. The third-order valence-corrected chi connectivity index (χ3v) is 4.35. The molecule has 26 heavy (non-hydrogen) atoms. The molecule has 6 heteroatoms. The normalized spacial score (nSPS) is 13.6. The predicted octanol–water partition coefficient (Wildman–Crippen LogP) is 3.14. The summed E-state index contributed by atoms with van der Waals surface area (Å²) in [4.78, 5) is 25.6. The molecule has 1 aliphatic rings. The molecule has 136 valence electrons. The standard InChI is InChI=1S/C20H23N3O3/c1-26-18-5-2-4-17(12-18)22-20(25)21-13-15-7-9-16(10-8-15)14-23-11-3-6-19(23)24/h2,4-5,7-10,12H,3,6,11,13-14H2,1H3,(H2,21,22,25). The van der Waals surface area contributed by atoms with E-state index in [1.807, 2.05) is 41.3 Å². The lowest BCUT2D eigenvalue weighted by Gasteiger charge is -2.15. The third-order valence-electron chi connectivity index (χ3n) is 4.35. The first-order valence-electron chi connectivity index (χ1n) is 8.68. The van der Waals surface area contributed by atoms with Crippen LogP contribution in [0.3, 0.4) is 0 Å². The molecule has 0 radical (unpaired) electrons. The smallest absolute Gasteiger partial charge is 0.319 e. The topological polar surface area (TPSA) is 70.7 Å². The number of anilines is 1. The van der Waals surface area contributed by atoms with Crippen molar-refractivity contribution >= 4 is 17.6 Å². The Hall–Kier alpha value is -3.02. The molecule has 1 saturated heterocycles. The molecule has 2 aromatic carbocycles. The second kappa shape index (κ2) is 8.38. The van der Waals surface area contributed by atoms with Gasteiger partial charge in [0.05, 0.1) is 7.11 Å². The van der Waals surface area contributed by atoms with Gasteiger partial charge in [0, 0.05) is 37.8 Å². The molecule has 0 aliphatic carbocycles. The van der Waals surface area contributed by atoms with Crippen LogP contribution in [-0.4, -0.2) is 30.5 Å². The number of hydrogen-bond acceptors (Lipinski definition) is 3. The molecule has 2 N–H and O–H groups in total. The maximum absolute atomic E-state index is 12.0. The summed E-state index contributed by atoms with van der Waals surface area (Å²) in [6.07, 6.45) is 1.60. The molecule has 0 saturated carbocycles. The lowest BCUT2D eigenvalue weighted by molar-refractivity contribution is -0.128. The third kappa shape index (κ3) is 4.75. The van der Waals surface area contributed by atoms with Gasteiger partial charge in [0.2, 0.25) is 5.91 Å². The Morgan fingerprint density at radius 1 is 1.15 bits per heavy atom. The number of carbonyl (C=O) groups excluding carboxylic acids is 2. The van der Waals surface area contributed by atoms with Crippen LogP contribution < -0.4 is 15.4 Å². The van der Waals surface area contributed by atoms with E-state index in [0.29, 0.717) is 30.9 Å². The minimum atomic E-state index is -0.273. The van der Waals surface area contributed by atoms with Gasteiger partial charge in [-0.25, -0.2) is 4.79 Å². The number of nitrogens with one attached hydrogen (secondary N) is 2. The minimum Gasteiger partial charge on any atom is -0.497 e. The van der Waals surface area contributed by atoms with Crippen molar-refractivity contribution in [1.29, 1.82) is 0 Å². The molecule has 0 aromatic heterocycles. The summed E-state index contributed by atoms with van der Waals surface area (Å²) >= 11 is 0. The first-order valence-corrected chi connectivity index (χ1v) is 8.68. The fourth-order valence-corrected chi connectivity index (χ4v) is 2.91. The van der Waals surface area contributed by atoms with E-state index in [2.05, 4.69) is 10.6 Å². The van der Waals surface area contributed by atoms with E-state index in [0.717, 1.165) is 24.1 Å². The molecule has 3 amide bonds. The summed E-state index contributed by atoms with van der Waals surface area (Å²) < 4.78 is 5.13. The minimum absolute atomic E-state index is 0.227. The van der Waals surface area contributed by atoms with Gasteiger partial charge in [-0.1, -0.05) is 30.3 Å². The van der Waals surface area contributed by atoms with Gasteiger partial charge >= 0.3 is 6.03 Å². The number of amides is 3. The van der Waals surface area contributed by atoms with E-state index in [1.165, 1.54) is 0 Å². The number of nitrogens with zero attached hydrogens (tertiary/aromatic N) is 1. The number of urea groups is 1. The average molecular weight is 353 g/mol. The van der Waals surface area contributed by atoms with Crippen molar-refractivity contribution in [3.05, 3.63) is 59.7 Å². The summed E-state index contributed by atoms with van der Waals surface area (Å²) in [5, 5.41) is 5.61. The van der Waals surface area contributed by atoms with Crippen LogP contribution in [0.25, 0.3) is 0 Å². The van der Waals surface area contributed by atoms with Crippen molar-refractivity contribution < 1.29 is 14.3 Å². The summed E-state index contributed by atoms with van der Waals surface area (Å²) in [7, 11) is 1.59. The highest BCUT2D eigenvalue weighted by Crippen LogP contribution is 2.17. The van der Waals surface area contributed by atoms with Crippen LogP contribution in [0, 0.1) is 0 Å². The first kappa shape index (κ1) is 17.8. The lowest BCUT2D eigenvalue weighted by Crippen LogP contribution is -2.28. The molecule has 2 aromatic rings. The van der Waals surface area contributed by atoms with E-state index >= 15 is 0 Å². The summed E-state index contributed by atoms with van der Waals surface area (Å²) in [6.45, 7) is 1.92. The number of hydrogen-bond donors (Lipinski definition) is 2. The van der Waals surface area contributed by atoms with E-state index in [9.17, 15) is 9.59 Å². The maximum atomic E-state index is 12.0. The van der Waals surface area contributed by atoms with Crippen molar-refractivity contribution in [2.75, 3.05) is 19.0 Å². The molecule has 0 bridgehead atoms. The van der Waals surface area contributed by atoms with Gasteiger partial charge in [0.25, 0.3) is 0 Å². The average Bonchev–Trinajstić information content (AvgIpc) is 3.06. The number of likely N-dealkylation sites (tertiary alicyclic amines) is 1. The largest absolute Gasteiger partial charge is 0.497 e. The van der Waals surface area contributed by atoms with Crippen molar-refractivity contribution in [1.82, 2.24) is 10.2 Å². The van der Waals surface area contributed by atoms with E-state index in [1.54, 1.807) is 19.2 Å². The quantitative estimate of drug-likeness (QED) is 0.838.